The lowest BCUT2D eigenvalue weighted by molar-refractivity contribution is -0.128. The van der Waals surface area contributed by atoms with Crippen LogP contribution in [0.15, 0.2) is 42.5 Å². The van der Waals surface area contributed by atoms with Gasteiger partial charge in [-0.25, -0.2) is 8.42 Å². The number of hydrogen-bond donors (Lipinski definition) is 1. The number of anilines is 1. The normalized spacial score (nSPS) is 14.0. The quantitative estimate of drug-likeness (QED) is 0.652. The molecule has 1 aliphatic heterocycles. The van der Waals surface area contributed by atoms with E-state index in [1.165, 1.54) is 0 Å². The summed E-state index contributed by atoms with van der Waals surface area (Å²) in [4.78, 5) is 26.4. The summed E-state index contributed by atoms with van der Waals surface area (Å²) in [7, 11) is -3.68. The van der Waals surface area contributed by atoms with Gasteiger partial charge in [0.15, 0.2) is 0 Å². The lowest BCUT2D eigenvalue weighted by atomic mass is 10.1. The van der Waals surface area contributed by atoms with Crippen LogP contribution < -0.4 is 9.62 Å². The number of carbonyl (C=O) groups is 2. The molecule has 0 unspecified atom stereocenters. The number of carbonyl (C=O) groups excluding carboxylic acids is 2. The van der Waals surface area contributed by atoms with Crippen LogP contribution in [0, 0.1) is 6.92 Å². The van der Waals surface area contributed by atoms with Gasteiger partial charge in [-0.3, -0.25) is 13.9 Å². The Bertz CT molecular complexity index is 1090. The van der Waals surface area contributed by atoms with Crippen molar-refractivity contribution < 1.29 is 18.0 Å². The zero-order chi connectivity index (χ0) is 22.6. The van der Waals surface area contributed by atoms with E-state index in [0.717, 1.165) is 34.7 Å². The number of amides is 2. The largest absolute Gasteiger partial charge is 0.350 e. The second-order valence-corrected chi connectivity index (χ2v) is 10.0. The first-order chi connectivity index (χ1) is 14.6. The molecule has 0 aliphatic carbocycles. The number of aryl methyl sites for hydroxylation is 1. The number of nitrogens with zero attached hydrogens (tertiary/aromatic N) is 2. The molecule has 0 radical (unpaired) electrons. The van der Waals surface area contributed by atoms with E-state index in [0.29, 0.717) is 29.2 Å². The van der Waals surface area contributed by atoms with Crippen LogP contribution in [0.4, 0.5) is 5.69 Å². The molecule has 1 aliphatic rings. The van der Waals surface area contributed by atoms with E-state index in [1.54, 1.807) is 25.1 Å². The van der Waals surface area contributed by atoms with Crippen molar-refractivity contribution in [3.05, 3.63) is 64.2 Å². The number of rotatable bonds is 8. The number of nitrogens with one attached hydrogen (secondary N) is 1. The molecule has 9 heteroatoms. The van der Waals surface area contributed by atoms with Gasteiger partial charge in [0.25, 0.3) is 0 Å². The number of likely N-dealkylation sites (tertiary alicyclic amines) is 1. The highest BCUT2D eigenvalue weighted by atomic mass is 35.5. The standard InChI is InChI=1S/C22H26ClN3O4S/c1-16-12-19(23)9-10-20(16)26(31(2,29)30)15-21(27)24-13-17-6-3-4-7-18(17)14-25-11-5-8-22(25)28/h3-4,6-7,9-10,12H,5,8,11,13-15H2,1-2H3,(H,24,27). The maximum Gasteiger partial charge on any atom is 0.241 e. The fourth-order valence-electron chi connectivity index (χ4n) is 3.62. The summed E-state index contributed by atoms with van der Waals surface area (Å²) in [5.74, 6) is -0.284. The Morgan fingerprint density at radius 1 is 1.19 bits per heavy atom. The van der Waals surface area contributed by atoms with Crippen LogP contribution in [0.1, 0.15) is 29.5 Å². The summed E-state index contributed by atoms with van der Waals surface area (Å²) >= 11 is 5.97. The van der Waals surface area contributed by atoms with Crippen molar-refractivity contribution in [1.29, 1.82) is 0 Å². The minimum Gasteiger partial charge on any atom is -0.350 e. The van der Waals surface area contributed by atoms with Crippen molar-refractivity contribution >= 4 is 39.1 Å². The van der Waals surface area contributed by atoms with Gasteiger partial charge >= 0.3 is 0 Å². The molecule has 1 saturated heterocycles. The Labute approximate surface area is 188 Å². The molecule has 2 aromatic rings. The molecule has 2 amide bonds. The fourth-order valence-corrected chi connectivity index (χ4v) is 4.76. The maximum atomic E-state index is 12.6. The second kappa shape index (κ2) is 9.70. The molecule has 7 nitrogen and oxygen atoms in total. The van der Waals surface area contributed by atoms with Crippen LogP contribution in [-0.2, 0) is 32.7 Å². The number of benzene rings is 2. The molecule has 0 atom stereocenters. The predicted molar refractivity (Wildman–Crippen MR) is 121 cm³/mol. The van der Waals surface area contributed by atoms with Gasteiger partial charge in [-0.2, -0.15) is 0 Å². The van der Waals surface area contributed by atoms with Gasteiger partial charge in [0.05, 0.1) is 11.9 Å². The van der Waals surface area contributed by atoms with Crippen LogP contribution in [-0.4, -0.2) is 44.5 Å². The summed E-state index contributed by atoms with van der Waals surface area (Å²) in [5.41, 5.74) is 2.93. The number of halogens is 1. The maximum absolute atomic E-state index is 12.6. The zero-order valence-corrected chi connectivity index (χ0v) is 19.2. The van der Waals surface area contributed by atoms with Gasteiger partial charge in [0.1, 0.15) is 6.54 Å². The predicted octanol–water partition coefficient (Wildman–Crippen LogP) is 2.85. The van der Waals surface area contributed by atoms with E-state index in [2.05, 4.69) is 5.32 Å². The first-order valence-electron chi connectivity index (χ1n) is 10.0. The van der Waals surface area contributed by atoms with Gasteiger partial charge in [-0.1, -0.05) is 35.9 Å². The Balaban J connectivity index is 1.69. The number of hydrogen-bond acceptors (Lipinski definition) is 4. The first-order valence-corrected chi connectivity index (χ1v) is 12.2. The molecule has 0 bridgehead atoms. The van der Waals surface area contributed by atoms with E-state index < -0.39 is 15.9 Å². The summed E-state index contributed by atoms with van der Waals surface area (Å²) in [5, 5.41) is 3.30. The van der Waals surface area contributed by atoms with Crippen LogP contribution >= 0.6 is 11.6 Å². The SMILES string of the molecule is Cc1cc(Cl)ccc1N(CC(=O)NCc1ccccc1CN1CCCC1=O)S(C)(=O)=O. The average molecular weight is 464 g/mol. The van der Waals surface area contributed by atoms with Crippen LogP contribution in [0.2, 0.25) is 5.02 Å². The minimum absolute atomic E-state index is 0.140. The molecule has 31 heavy (non-hydrogen) atoms. The molecule has 0 spiro atoms. The van der Waals surface area contributed by atoms with E-state index in [9.17, 15) is 18.0 Å². The smallest absolute Gasteiger partial charge is 0.241 e. The summed E-state index contributed by atoms with van der Waals surface area (Å²) in [6, 6.07) is 12.4. The molecule has 1 heterocycles. The molecule has 0 saturated carbocycles. The Morgan fingerprint density at radius 2 is 1.90 bits per heavy atom. The third-order valence-corrected chi connectivity index (χ3v) is 6.60. The van der Waals surface area contributed by atoms with Crippen molar-refractivity contribution in [2.75, 3.05) is 23.7 Å². The van der Waals surface area contributed by atoms with Crippen molar-refractivity contribution in [2.24, 2.45) is 0 Å². The van der Waals surface area contributed by atoms with Crippen molar-refractivity contribution in [2.45, 2.75) is 32.9 Å². The highest BCUT2D eigenvalue weighted by Crippen LogP contribution is 2.25. The van der Waals surface area contributed by atoms with Crippen LogP contribution in [0.25, 0.3) is 0 Å². The monoisotopic (exact) mass is 463 g/mol. The van der Waals surface area contributed by atoms with Gasteiger partial charge < -0.3 is 10.2 Å². The molecule has 3 rings (SSSR count). The van der Waals surface area contributed by atoms with Crippen molar-refractivity contribution in [3.63, 3.8) is 0 Å². The lowest BCUT2D eigenvalue weighted by Crippen LogP contribution is -2.40. The van der Waals surface area contributed by atoms with E-state index in [-0.39, 0.29) is 19.0 Å². The minimum atomic E-state index is -3.68. The molecule has 2 aromatic carbocycles. The van der Waals surface area contributed by atoms with Gasteiger partial charge in [0, 0.05) is 31.1 Å². The van der Waals surface area contributed by atoms with Crippen LogP contribution in [0.3, 0.4) is 0 Å². The second-order valence-electron chi connectivity index (χ2n) is 7.66. The molecule has 1 N–H and O–H groups in total. The molecular formula is C22H26ClN3O4S. The molecular weight excluding hydrogens is 438 g/mol. The fraction of sp³-hybridized carbons (Fsp3) is 0.364. The first kappa shape index (κ1) is 23.1. The zero-order valence-electron chi connectivity index (χ0n) is 17.6. The van der Waals surface area contributed by atoms with Gasteiger partial charge in [-0.15, -0.1) is 0 Å². The number of sulfonamides is 1. The Morgan fingerprint density at radius 3 is 2.52 bits per heavy atom. The van der Waals surface area contributed by atoms with Crippen molar-refractivity contribution in [1.82, 2.24) is 10.2 Å². The molecule has 166 valence electrons. The third-order valence-electron chi connectivity index (χ3n) is 5.24. The summed E-state index contributed by atoms with van der Waals surface area (Å²) < 4.78 is 25.7. The van der Waals surface area contributed by atoms with E-state index in [4.69, 9.17) is 11.6 Å². The van der Waals surface area contributed by atoms with Crippen LogP contribution in [0.5, 0.6) is 0 Å². The Hall–Kier alpha value is -2.58. The third kappa shape index (κ3) is 5.98. The lowest BCUT2D eigenvalue weighted by Gasteiger charge is -2.24. The van der Waals surface area contributed by atoms with E-state index >= 15 is 0 Å². The highest BCUT2D eigenvalue weighted by molar-refractivity contribution is 7.92. The summed E-state index contributed by atoms with van der Waals surface area (Å²) in [6.07, 6.45) is 2.50. The summed E-state index contributed by atoms with van der Waals surface area (Å²) in [6.45, 7) is 2.89. The average Bonchev–Trinajstić information content (AvgIpc) is 3.10. The topological polar surface area (TPSA) is 86.8 Å². The van der Waals surface area contributed by atoms with Gasteiger partial charge in [-0.05, 0) is 48.2 Å². The molecule has 1 fully saturated rings. The molecule has 0 aromatic heterocycles. The van der Waals surface area contributed by atoms with E-state index in [1.807, 2.05) is 29.2 Å². The van der Waals surface area contributed by atoms with Gasteiger partial charge in [0.2, 0.25) is 21.8 Å². The Kier molecular flexibility index (Phi) is 7.23. The van der Waals surface area contributed by atoms with Crippen molar-refractivity contribution in [3.8, 4) is 0 Å². The highest BCUT2D eigenvalue weighted by Gasteiger charge is 2.23.